The maximum atomic E-state index is 10.9. The maximum absolute atomic E-state index is 10.9. The zero-order valence-electron chi connectivity index (χ0n) is 14.3. The highest BCUT2D eigenvalue weighted by Gasteiger charge is 2.45. The summed E-state index contributed by atoms with van der Waals surface area (Å²) in [7, 11) is 0. The Labute approximate surface area is 144 Å². The first kappa shape index (κ1) is 17.2. The van der Waals surface area contributed by atoms with Crippen molar-refractivity contribution in [3.8, 4) is 0 Å². The lowest BCUT2D eigenvalue weighted by molar-refractivity contribution is -0.0766. The topological polar surface area (TPSA) is 43.7 Å². The van der Waals surface area contributed by atoms with Crippen LogP contribution in [0.1, 0.15) is 43.4 Å². The molecule has 3 rings (SSSR count). The van der Waals surface area contributed by atoms with Gasteiger partial charge in [-0.05, 0) is 37.3 Å². The molecule has 0 heterocycles. The van der Waals surface area contributed by atoms with Gasteiger partial charge in [-0.2, -0.15) is 0 Å². The lowest BCUT2D eigenvalue weighted by Crippen LogP contribution is -2.52. The third-order valence-corrected chi connectivity index (χ3v) is 5.37. The van der Waals surface area contributed by atoms with Crippen molar-refractivity contribution in [2.75, 3.05) is 6.61 Å². The number of nitrogens with zero attached hydrogens (tertiary/aromatic N) is 1. The zero-order chi connectivity index (χ0) is 17.0. The normalized spacial score (nSPS) is 25.1. The second kappa shape index (κ2) is 7.47. The molecule has 2 aromatic carbocycles. The molecule has 2 N–H and O–H groups in total. The molecular formula is C21H27NO2. The van der Waals surface area contributed by atoms with Crippen LogP contribution < -0.4 is 0 Å². The number of benzene rings is 2. The molecule has 1 aliphatic carbocycles. The first-order valence-electron chi connectivity index (χ1n) is 8.82. The van der Waals surface area contributed by atoms with Crippen molar-refractivity contribution in [1.82, 2.24) is 4.90 Å². The lowest BCUT2D eigenvalue weighted by Gasteiger charge is -2.41. The van der Waals surface area contributed by atoms with E-state index in [0.717, 1.165) is 19.4 Å². The van der Waals surface area contributed by atoms with Crippen molar-refractivity contribution in [3.05, 3.63) is 71.8 Å². The third-order valence-electron chi connectivity index (χ3n) is 5.37. The van der Waals surface area contributed by atoms with Crippen molar-refractivity contribution < 1.29 is 10.2 Å². The van der Waals surface area contributed by atoms with Gasteiger partial charge in [0.15, 0.2) is 0 Å². The first-order chi connectivity index (χ1) is 11.6. The highest BCUT2D eigenvalue weighted by molar-refractivity contribution is 5.21. The Morgan fingerprint density at radius 2 is 1.71 bits per heavy atom. The van der Waals surface area contributed by atoms with E-state index in [0.29, 0.717) is 6.42 Å². The molecular weight excluding hydrogens is 298 g/mol. The predicted molar refractivity (Wildman–Crippen MR) is 96.5 cm³/mol. The molecule has 0 aromatic heterocycles. The molecule has 0 bridgehead atoms. The summed E-state index contributed by atoms with van der Waals surface area (Å²) in [5.74, 6) is 0. The smallest absolute Gasteiger partial charge is 0.103 e. The van der Waals surface area contributed by atoms with Gasteiger partial charge in [-0.1, -0.05) is 60.7 Å². The van der Waals surface area contributed by atoms with Crippen LogP contribution in [0.15, 0.2) is 60.7 Å². The molecule has 2 aromatic rings. The van der Waals surface area contributed by atoms with Gasteiger partial charge in [0.1, 0.15) is 5.60 Å². The molecule has 1 aliphatic rings. The van der Waals surface area contributed by atoms with E-state index in [9.17, 15) is 10.2 Å². The molecule has 1 saturated carbocycles. The van der Waals surface area contributed by atoms with Crippen molar-refractivity contribution in [2.24, 2.45) is 0 Å². The fraction of sp³-hybridized carbons (Fsp3) is 0.429. The number of hydrogen-bond donors (Lipinski definition) is 2. The Kier molecular flexibility index (Phi) is 5.34. The molecule has 3 atom stereocenters. The van der Waals surface area contributed by atoms with E-state index in [-0.39, 0.29) is 18.7 Å². The van der Waals surface area contributed by atoms with Gasteiger partial charge in [-0.25, -0.2) is 0 Å². The summed E-state index contributed by atoms with van der Waals surface area (Å²) in [6.07, 6.45) is 2.54. The van der Waals surface area contributed by atoms with E-state index in [1.807, 2.05) is 24.3 Å². The van der Waals surface area contributed by atoms with Crippen molar-refractivity contribution in [1.29, 1.82) is 0 Å². The SMILES string of the molecule is C[C@H](c1ccccc1)N(Cc1ccccc1)[C@@H]1CCC[C@]1(O)CO. The average molecular weight is 325 g/mol. The van der Waals surface area contributed by atoms with Gasteiger partial charge >= 0.3 is 0 Å². The average Bonchev–Trinajstić information content (AvgIpc) is 3.03. The van der Waals surface area contributed by atoms with E-state index < -0.39 is 5.60 Å². The van der Waals surface area contributed by atoms with Crippen LogP contribution in [0.5, 0.6) is 0 Å². The van der Waals surface area contributed by atoms with Crippen LogP contribution in [0.4, 0.5) is 0 Å². The van der Waals surface area contributed by atoms with Crippen molar-refractivity contribution in [2.45, 2.75) is 50.4 Å². The van der Waals surface area contributed by atoms with Gasteiger partial charge in [-0.15, -0.1) is 0 Å². The van der Waals surface area contributed by atoms with Crippen LogP contribution in [-0.4, -0.2) is 33.4 Å². The summed E-state index contributed by atoms with van der Waals surface area (Å²) in [6, 6.07) is 20.9. The number of hydrogen-bond acceptors (Lipinski definition) is 3. The molecule has 0 saturated heterocycles. The van der Waals surface area contributed by atoms with Crippen molar-refractivity contribution in [3.63, 3.8) is 0 Å². The predicted octanol–water partition coefficient (Wildman–Crippen LogP) is 3.53. The van der Waals surface area contributed by atoms with Crippen LogP contribution in [-0.2, 0) is 6.54 Å². The van der Waals surface area contributed by atoms with Gasteiger partial charge in [0.05, 0.1) is 6.61 Å². The minimum absolute atomic E-state index is 0.0297. The first-order valence-corrected chi connectivity index (χ1v) is 8.82. The quantitative estimate of drug-likeness (QED) is 0.854. The van der Waals surface area contributed by atoms with Crippen LogP contribution in [0.2, 0.25) is 0 Å². The highest BCUT2D eigenvalue weighted by Crippen LogP contribution is 2.38. The van der Waals surface area contributed by atoms with E-state index in [1.165, 1.54) is 11.1 Å². The monoisotopic (exact) mass is 325 g/mol. The molecule has 0 aliphatic heterocycles. The van der Waals surface area contributed by atoms with Gasteiger partial charge in [0, 0.05) is 18.6 Å². The summed E-state index contributed by atoms with van der Waals surface area (Å²) in [4.78, 5) is 2.36. The minimum Gasteiger partial charge on any atom is -0.393 e. The summed E-state index contributed by atoms with van der Waals surface area (Å²) >= 11 is 0. The number of aliphatic hydroxyl groups is 2. The van der Waals surface area contributed by atoms with Crippen LogP contribution >= 0.6 is 0 Å². The largest absolute Gasteiger partial charge is 0.393 e. The van der Waals surface area contributed by atoms with E-state index in [2.05, 4.69) is 48.2 Å². The van der Waals surface area contributed by atoms with Gasteiger partial charge in [0.2, 0.25) is 0 Å². The minimum atomic E-state index is -1.00. The molecule has 24 heavy (non-hydrogen) atoms. The second-order valence-electron chi connectivity index (χ2n) is 6.91. The molecule has 3 nitrogen and oxygen atoms in total. The Morgan fingerprint density at radius 3 is 2.33 bits per heavy atom. The molecule has 0 radical (unpaired) electrons. The van der Waals surface area contributed by atoms with Gasteiger partial charge in [0.25, 0.3) is 0 Å². The van der Waals surface area contributed by atoms with E-state index in [1.54, 1.807) is 0 Å². The molecule has 3 heteroatoms. The number of aliphatic hydroxyl groups excluding tert-OH is 1. The third kappa shape index (κ3) is 3.54. The van der Waals surface area contributed by atoms with Gasteiger partial charge in [-0.3, -0.25) is 4.90 Å². The Balaban J connectivity index is 1.91. The summed E-state index contributed by atoms with van der Waals surface area (Å²) in [5.41, 5.74) is 1.46. The molecule has 1 fully saturated rings. The van der Waals surface area contributed by atoms with Gasteiger partial charge < -0.3 is 10.2 Å². The summed E-state index contributed by atoms with van der Waals surface area (Å²) < 4.78 is 0. The molecule has 0 unspecified atom stereocenters. The standard InChI is InChI=1S/C21H27NO2/c1-17(19-11-6-3-7-12-19)22(15-18-9-4-2-5-10-18)20-13-8-14-21(20,24)16-23/h2-7,9-12,17,20,23-24H,8,13-16H2,1H3/t17-,20-,21+/m1/s1. The summed E-state index contributed by atoms with van der Waals surface area (Å²) in [5, 5.41) is 20.7. The molecule has 0 spiro atoms. The van der Waals surface area contributed by atoms with Crippen LogP contribution in [0.25, 0.3) is 0 Å². The van der Waals surface area contributed by atoms with Crippen LogP contribution in [0, 0.1) is 0 Å². The zero-order valence-corrected chi connectivity index (χ0v) is 14.3. The van der Waals surface area contributed by atoms with Crippen LogP contribution in [0.3, 0.4) is 0 Å². The highest BCUT2D eigenvalue weighted by atomic mass is 16.3. The van der Waals surface area contributed by atoms with E-state index >= 15 is 0 Å². The Hall–Kier alpha value is -1.68. The summed E-state index contributed by atoms with van der Waals surface area (Å²) in [6.45, 7) is 2.78. The van der Waals surface area contributed by atoms with E-state index in [4.69, 9.17) is 0 Å². The van der Waals surface area contributed by atoms with Crippen molar-refractivity contribution >= 4 is 0 Å². The Morgan fingerprint density at radius 1 is 1.08 bits per heavy atom. The molecule has 0 amide bonds. The Bertz CT molecular complexity index is 631. The lowest BCUT2D eigenvalue weighted by atomic mass is 9.94. The second-order valence-corrected chi connectivity index (χ2v) is 6.91. The number of rotatable bonds is 6. The molecule has 128 valence electrons. The maximum Gasteiger partial charge on any atom is 0.103 e. The fourth-order valence-corrected chi connectivity index (χ4v) is 3.93. The fourth-order valence-electron chi connectivity index (χ4n) is 3.93.